The van der Waals surface area contributed by atoms with Gasteiger partial charge < -0.3 is 4.74 Å². The van der Waals surface area contributed by atoms with E-state index in [1.165, 1.54) is 6.07 Å². The number of rotatable bonds is 2. The smallest absolute Gasteiger partial charge is 0.153 e. The third-order valence-electron chi connectivity index (χ3n) is 4.80. The highest BCUT2D eigenvalue weighted by atomic mass is 32.2. The molecule has 0 N–H and O–H groups in total. The van der Waals surface area contributed by atoms with E-state index in [9.17, 15) is 12.8 Å². The lowest BCUT2D eigenvalue weighted by Gasteiger charge is -2.39. The average Bonchev–Trinajstić information content (AvgIpc) is 2.82. The molecule has 1 spiro atoms. The molecule has 5 nitrogen and oxygen atoms in total. The van der Waals surface area contributed by atoms with Crippen molar-refractivity contribution in [2.45, 2.75) is 18.6 Å². The van der Waals surface area contributed by atoms with Crippen molar-refractivity contribution in [3.05, 3.63) is 41.8 Å². The third kappa shape index (κ3) is 3.03. The summed E-state index contributed by atoms with van der Waals surface area (Å²) in [4.78, 5) is 6.43. The Morgan fingerprint density at radius 2 is 2.25 bits per heavy atom. The van der Waals surface area contributed by atoms with Gasteiger partial charge in [-0.1, -0.05) is 12.1 Å². The van der Waals surface area contributed by atoms with Gasteiger partial charge in [-0.15, -0.1) is 0 Å². The first-order valence-corrected chi connectivity index (χ1v) is 9.87. The minimum absolute atomic E-state index is 0.109. The van der Waals surface area contributed by atoms with E-state index in [0.717, 1.165) is 17.5 Å². The Kier molecular flexibility index (Phi) is 3.82. The summed E-state index contributed by atoms with van der Waals surface area (Å²) in [6.07, 6.45) is 2.26. The quantitative estimate of drug-likeness (QED) is 0.826. The molecule has 4 rings (SSSR count). The summed E-state index contributed by atoms with van der Waals surface area (Å²) in [5, 5.41) is 0.777. The molecule has 2 aliphatic heterocycles. The zero-order valence-corrected chi connectivity index (χ0v) is 14.1. The molecule has 2 saturated heterocycles. The Balaban J connectivity index is 1.53. The van der Waals surface area contributed by atoms with Crippen molar-refractivity contribution in [2.75, 3.05) is 31.2 Å². The molecule has 2 fully saturated rings. The Morgan fingerprint density at radius 1 is 1.38 bits per heavy atom. The summed E-state index contributed by atoms with van der Waals surface area (Å²) in [6.45, 7) is 2.55. The number of pyridine rings is 1. The van der Waals surface area contributed by atoms with Crippen molar-refractivity contribution in [3.8, 4) is 0 Å². The van der Waals surface area contributed by atoms with Crippen molar-refractivity contribution in [2.24, 2.45) is 0 Å². The number of morpholine rings is 1. The van der Waals surface area contributed by atoms with Crippen LogP contribution in [0.4, 0.5) is 4.39 Å². The van der Waals surface area contributed by atoms with E-state index in [1.54, 1.807) is 12.3 Å². The van der Waals surface area contributed by atoms with E-state index >= 15 is 0 Å². The van der Waals surface area contributed by atoms with E-state index in [1.807, 2.05) is 12.1 Å². The topological polar surface area (TPSA) is 59.5 Å². The second-order valence-electron chi connectivity index (χ2n) is 6.74. The van der Waals surface area contributed by atoms with Crippen LogP contribution in [0, 0.1) is 5.82 Å². The van der Waals surface area contributed by atoms with Gasteiger partial charge in [0.25, 0.3) is 0 Å². The number of para-hydroxylation sites is 1. The lowest BCUT2D eigenvalue weighted by molar-refractivity contribution is -0.0948. The summed E-state index contributed by atoms with van der Waals surface area (Å²) in [7, 11) is -2.99. The van der Waals surface area contributed by atoms with Crippen molar-refractivity contribution in [3.63, 3.8) is 0 Å². The Hall–Kier alpha value is -1.57. The SMILES string of the molecule is O=S1(=O)CCC2(CN(Cc3cnc4c(F)cccc4c3)CCO2)C1. The van der Waals surface area contributed by atoms with E-state index < -0.39 is 15.4 Å². The first-order valence-electron chi connectivity index (χ1n) is 8.05. The predicted octanol–water partition coefficient (Wildman–Crippen LogP) is 1.76. The van der Waals surface area contributed by atoms with Crippen LogP contribution in [0.3, 0.4) is 0 Å². The molecule has 128 valence electrons. The summed E-state index contributed by atoms with van der Waals surface area (Å²) < 4.78 is 43.1. The molecule has 7 heteroatoms. The van der Waals surface area contributed by atoms with Crippen LogP contribution in [0.15, 0.2) is 30.5 Å². The monoisotopic (exact) mass is 350 g/mol. The van der Waals surface area contributed by atoms with E-state index in [2.05, 4.69) is 9.88 Å². The minimum Gasteiger partial charge on any atom is -0.371 e. The van der Waals surface area contributed by atoms with Crippen LogP contribution < -0.4 is 0 Å². The molecule has 0 saturated carbocycles. The Bertz CT molecular complexity index is 887. The van der Waals surface area contributed by atoms with Gasteiger partial charge in [-0.05, 0) is 24.1 Å². The fraction of sp³-hybridized carbons (Fsp3) is 0.471. The number of fused-ring (bicyclic) bond motifs is 1. The number of halogens is 1. The van der Waals surface area contributed by atoms with Gasteiger partial charge in [-0.3, -0.25) is 9.88 Å². The van der Waals surface area contributed by atoms with Crippen LogP contribution in [-0.4, -0.2) is 55.1 Å². The molecule has 1 aromatic heterocycles. The zero-order valence-electron chi connectivity index (χ0n) is 13.2. The van der Waals surface area contributed by atoms with Crippen LogP contribution in [0.2, 0.25) is 0 Å². The second kappa shape index (κ2) is 5.75. The van der Waals surface area contributed by atoms with Gasteiger partial charge >= 0.3 is 0 Å². The normalized spacial score (nSPS) is 27.0. The molecule has 0 amide bonds. The fourth-order valence-electron chi connectivity index (χ4n) is 3.70. The molecule has 1 aromatic carbocycles. The molecule has 1 unspecified atom stereocenters. The third-order valence-corrected chi connectivity index (χ3v) is 6.60. The van der Waals surface area contributed by atoms with Crippen LogP contribution >= 0.6 is 0 Å². The van der Waals surface area contributed by atoms with Crippen LogP contribution in [0.25, 0.3) is 10.9 Å². The lowest BCUT2D eigenvalue weighted by atomic mass is 10.0. The fourth-order valence-corrected chi connectivity index (χ4v) is 5.65. The number of hydrogen-bond donors (Lipinski definition) is 0. The van der Waals surface area contributed by atoms with Gasteiger partial charge in [0.2, 0.25) is 0 Å². The first-order chi connectivity index (χ1) is 11.4. The second-order valence-corrected chi connectivity index (χ2v) is 8.92. The summed E-state index contributed by atoms with van der Waals surface area (Å²) in [6, 6.07) is 6.87. The van der Waals surface area contributed by atoms with Crippen LogP contribution in [0.1, 0.15) is 12.0 Å². The molecule has 1 atom stereocenters. The highest BCUT2D eigenvalue weighted by Gasteiger charge is 2.46. The maximum absolute atomic E-state index is 13.7. The number of aromatic nitrogens is 1. The highest BCUT2D eigenvalue weighted by molar-refractivity contribution is 7.91. The van der Waals surface area contributed by atoms with Crippen molar-refractivity contribution >= 4 is 20.7 Å². The van der Waals surface area contributed by atoms with Gasteiger partial charge in [0.05, 0.1) is 23.7 Å². The lowest BCUT2D eigenvalue weighted by Crippen LogP contribution is -2.52. The summed E-state index contributed by atoms with van der Waals surface area (Å²) in [5.41, 5.74) is 0.806. The van der Waals surface area contributed by atoms with Crippen molar-refractivity contribution in [1.82, 2.24) is 9.88 Å². The molecule has 3 heterocycles. The van der Waals surface area contributed by atoms with E-state index in [0.29, 0.717) is 31.6 Å². The largest absolute Gasteiger partial charge is 0.371 e. The maximum atomic E-state index is 13.7. The molecular formula is C17H19FN2O3S. The Morgan fingerprint density at radius 3 is 3.04 bits per heavy atom. The average molecular weight is 350 g/mol. The van der Waals surface area contributed by atoms with Crippen molar-refractivity contribution < 1.29 is 17.5 Å². The van der Waals surface area contributed by atoms with Gasteiger partial charge in [-0.25, -0.2) is 12.8 Å². The zero-order chi connectivity index (χ0) is 16.8. The number of benzene rings is 1. The predicted molar refractivity (Wildman–Crippen MR) is 88.9 cm³/mol. The molecule has 0 radical (unpaired) electrons. The molecular weight excluding hydrogens is 331 g/mol. The first kappa shape index (κ1) is 15.9. The Labute approximate surface area is 140 Å². The molecule has 2 aliphatic rings. The van der Waals surface area contributed by atoms with Crippen LogP contribution in [-0.2, 0) is 21.1 Å². The van der Waals surface area contributed by atoms with E-state index in [4.69, 9.17) is 4.74 Å². The van der Waals surface area contributed by atoms with Crippen molar-refractivity contribution in [1.29, 1.82) is 0 Å². The highest BCUT2D eigenvalue weighted by Crippen LogP contribution is 2.31. The summed E-state index contributed by atoms with van der Waals surface area (Å²) in [5.74, 6) is -0.00414. The number of hydrogen-bond acceptors (Lipinski definition) is 5. The molecule has 0 bridgehead atoms. The minimum atomic E-state index is -2.99. The van der Waals surface area contributed by atoms with E-state index in [-0.39, 0.29) is 17.3 Å². The number of sulfone groups is 1. The van der Waals surface area contributed by atoms with Gasteiger partial charge in [0.1, 0.15) is 11.3 Å². The van der Waals surface area contributed by atoms with Gasteiger partial charge in [-0.2, -0.15) is 0 Å². The molecule has 2 aromatic rings. The standard InChI is InChI=1S/C17H19FN2O3S/c18-15-3-1-2-14-8-13(9-19-16(14)15)10-20-5-6-23-17(11-20)4-7-24(21,22)12-17/h1-3,8-9H,4-7,10-12H2. The summed E-state index contributed by atoms with van der Waals surface area (Å²) >= 11 is 0. The van der Waals surface area contributed by atoms with Crippen LogP contribution in [0.5, 0.6) is 0 Å². The number of ether oxygens (including phenoxy) is 1. The molecule has 0 aliphatic carbocycles. The molecule has 24 heavy (non-hydrogen) atoms. The number of nitrogens with zero attached hydrogens (tertiary/aromatic N) is 2. The van der Waals surface area contributed by atoms with Gasteiger partial charge in [0, 0.05) is 31.2 Å². The van der Waals surface area contributed by atoms with Gasteiger partial charge in [0.15, 0.2) is 9.84 Å². The maximum Gasteiger partial charge on any atom is 0.153 e.